The number of rotatable bonds is 4. The summed E-state index contributed by atoms with van der Waals surface area (Å²) in [6.07, 6.45) is 3.45. The molecule has 0 saturated carbocycles. The lowest BCUT2D eigenvalue weighted by Gasteiger charge is -2.32. The molecule has 1 atom stereocenters. The monoisotopic (exact) mass is 296 g/mol. The third-order valence-electron chi connectivity index (χ3n) is 3.49. The van der Waals surface area contributed by atoms with E-state index >= 15 is 0 Å². The molecule has 0 bridgehead atoms. The zero-order valence-electron chi connectivity index (χ0n) is 11.6. The molecule has 1 aliphatic rings. The SMILES string of the molecule is CS(=O)(=O)N1CCCC[C@@H]1C(=O)NCc1ccccc1. The van der Waals surface area contributed by atoms with Crippen LogP contribution in [0.2, 0.25) is 0 Å². The second-order valence-electron chi connectivity index (χ2n) is 5.09. The fourth-order valence-corrected chi connectivity index (χ4v) is 3.59. The molecule has 6 heteroatoms. The maximum atomic E-state index is 12.2. The summed E-state index contributed by atoms with van der Waals surface area (Å²) in [6.45, 7) is 0.857. The van der Waals surface area contributed by atoms with Crippen molar-refractivity contribution < 1.29 is 13.2 Å². The Morgan fingerprint density at radius 3 is 2.65 bits per heavy atom. The van der Waals surface area contributed by atoms with Crippen LogP contribution in [0.25, 0.3) is 0 Å². The van der Waals surface area contributed by atoms with Gasteiger partial charge in [0.1, 0.15) is 6.04 Å². The van der Waals surface area contributed by atoms with Gasteiger partial charge in [-0.05, 0) is 18.4 Å². The highest BCUT2D eigenvalue weighted by Crippen LogP contribution is 2.20. The second kappa shape index (κ2) is 6.37. The second-order valence-corrected chi connectivity index (χ2v) is 7.02. The van der Waals surface area contributed by atoms with Crippen LogP contribution in [-0.4, -0.2) is 37.5 Å². The lowest BCUT2D eigenvalue weighted by atomic mass is 10.0. The fourth-order valence-electron chi connectivity index (χ4n) is 2.47. The van der Waals surface area contributed by atoms with E-state index in [2.05, 4.69) is 5.32 Å². The summed E-state index contributed by atoms with van der Waals surface area (Å²) in [5.41, 5.74) is 1.00. The van der Waals surface area contributed by atoms with E-state index in [0.29, 0.717) is 19.5 Å². The lowest BCUT2D eigenvalue weighted by molar-refractivity contribution is -0.125. The van der Waals surface area contributed by atoms with Crippen molar-refractivity contribution in [1.82, 2.24) is 9.62 Å². The number of carbonyl (C=O) groups excluding carboxylic acids is 1. The summed E-state index contributed by atoms with van der Waals surface area (Å²) in [6, 6.07) is 9.01. The molecule has 1 aromatic carbocycles. The van der Waals surface area contributed by atoms with Crippen molar-refractivity contribution in [2.24, 2.45) is 0 Å². The van der Waals surface area contributed by atoms with Crippen molar-refractivity contribution in [2.75, 3.05) is 12.8 Å². The molecule has 0 unspecified atom stereocenters. The van der Waals surface area contributed by atoms with Crippen LogP contribution < -0.4 is 5.32 Å². The molecule has 1 aromatic rings. The third kappa shape index (κ3) is 3.80. The Hall–Kier alpha value is -1.40. The summed E-state index contributed by atoms with van der Waals surface area (Å²) < 4.78 is 24.8. The summed E-state index contributed by atoms with van der Waals surface area (Å²) in [4.78, 5) is 12.2. The molecule has 1 N–H and O–H groups in total. The minimum absolute atomic E-state index is 0.209. The Balaban J connectivity index is 2.00. The van der Waals surface area contributed by atoms with Crippen LogP contribution in [0, 0.1) is 0 Å². The van der Waals surface area contributed by atoms with Crippen LogP contribution in [0.4, 0.5) is 0 Å². The van der Waals surface area contributed by atoms with Crippen LogP contribution in [0.1, 0.15) is 24.8 Å². The highest BCUT2D eigenvalue weighted by Gasteiger charge is 2.34. The number of sulfonamides is 1. The van der Waals surface area contributed by atoms with Crippen molar-refractivity contribution in [3.8, 4) is 0 Å². The van der Waals surface area contributed by atoms with Gasteiger partial charge < -0.3 is 5.32 Å². The van der Waals surface area contributed by atoms with Crippen molar-refractivity contribution in [3.05, 3.63) is 35.9 Å². The summed E-state index contributed by atoms with van der Waals surface area (Å²) in [5.74, 6) is -0.209. The molecule has 5 nitrogen and oxygen atoms in total. The summed E-state index contributed by atoms with van der Waals surface area (Å²) in [5, 5.41) is 2.83. The Bertz CT molecular complexity index is 557. The maximum Gasteiger partial charge on any atom is 0.238 e. The number of hydrogen-bond donors (Lipinski definition) is 1. The normalized spacial score (nSPS) is 20.6. The summed E-state index contributed by atoms with van der Waals surface area (Å²) in [7, 11) is -3.33. The van der Waals surface area contributed by atoms with Crippen molar-refractivity contribution >= 4 is 15.9 Å². The first-order chi connectivity index (χ1) is 9.48. The minimum Gasteiger partial charge on any atom is -0.351 e. The van der Waals surface area contributed by atoms with E-state index in [1.807, 2.05) is 30.3 Å². The van der Waals surface area contributed by atoms with E-state index in [1.54, 1.807) is 0 Å². The van der Waals surface area contributed by atoms with Crippen LogP contribution in [-0.2, 0) is 21.4 Å². The highest BCUT2D eigenvalue weighted by molar-refractivity contribution is 7.88. The zero-order chi connectivity index (χ0) is 14.6. The number of nitrogens with one attached hydrogen (secondary N) is 1. The number of nitrogens with zero attached hydrogens (tertiary/aromatic N) is 1. The standard InChI is InChI=1S/C14H20N2O3S/c1-20(18,19)16-10-6-5-9-13(16)14(17)15-11-12-7-3-2-4-8-12/h2-4,7-8,13H,5-6,9-11H2,1H3,(H,15,17)/t13-/m1/s1. The Labute approximate surface area is 120 Å². The van der Waals surface area contributed by atoms with Crippen LogP contribution in [0.15, 0.2) is 30.3 Å². The van der Waals surface area contributed by atoms with Crippen LogP contribution in [0.5, 0.6) is 0 Å². The topological polar surface area (TPSA) is 66.5 Å². The molecule has 1 fully saturated rings. The van der Waals surface area contributed by atoms with Gasteiger partial charge in [-0.1, -0.05) is 36.8 Å². The van der Waals surface area contributed by atoms with Gasteiger partial charge in [0.2, 0.25) is 15.9 Å². The highest BCUT2D eigenvalue weighted by atomic mass is 32.2. The van der Waals surface area contributed by atoms with Crippen molar-refractivity contribution in [2.45, 2.75) is 31.8 Å². The molecule has 1 aliphatic heterocycles. The first kappa shape index (κ1) is 15.0. The van der Waals surface area contributed by atoms with Crippen molar-refractivity contribution in [3.63, 3.8) is 0 Å². The van der Waals surface area contributed by atoms with E-state index in [-0.39, 0.29) is 5.91 Å². The van der Waals surface area contributed by atoms with Gasteiger partial charge >= 0.3 is 0 Å². The molecule has 0 radical (unpaired) electrons. The van der Waals surface area contributed by atoms with Crippen LogP contribution >= 0.6 is 0 Å². The number of benzene rings is 1. The number of carbonyl (C=O) groups is 1. The molecular formula is C14H20N2O3S. The summed E-state index contributed by atoms with van der Waals surface area (Å²) >= 11 is 0. The zero-order valence-corrected chi connectivity index (χ0v) is 12.4. The molecule has 110 valence electrons. The van der Waals surface area contributed by atoms with Gasteiger partial charge in [0.05, 0.1) is 6.26 Å². The quantitative estimate of drug-likeness (QED) is 0.905. The number of hydrogen-bond acceptors (Lipinski definition) is 3. The lowest BCUT2D eigenvalue weighted by Crippen LogP contribution is -2.51. The van der Waals surface area contributed by atoms with Crippen molar-refractivity contribution in [1.29, 1.82) is 0 Å². The first-order valence-electron chi connectivity index (χ1n) is 6.77. The molecule has 1 amide bonds. The van der Waals surface area contributed by atoms with Gasteiger partial charge in [0.25, 0.3) is 0 Å². The smallest absolute Gasteiger partial charge is 0.238 e. The Morgan fingerprint density at radius 2 is 2.00 bits per heavy atom. The Morgan fingerprint density at radius 1 is 1.30 bits per heavy atom. The average molecular weight is 296 g/mol. The van der Waals surface area contributed by atoms with Gasteiger partial charge in [-0.25, -0.2) is 8.42 Å². The predicted molar refractivity (Wildman–Crippen MR) is 77.5 cm³/mol. The van der Waals surface area contributed by atoms with E-state index in [4.69, 9.17) is 0 Å². The van der Waals surface area contributed by atoms with Gasteiger partial charge in [0.15, 0.2) is 0 Å². The largest absolute Gasteiger partial charge is 0.351 e. The molecule has 0 spiro atoms. The molecule has 1 saturated heterocycles. The third-order valence-corrected chi connectivity index (χ3v) is 4.78. The maximum absolute atomic E-state index is 12.2. The minimum atomic E-state index is -3.33. The van der Waals surface area contributed by atoms with Crippen LogP contribution in [0.3, 0.4) is 0 Å². The van der Waals surface area contributed by atoms with Gasteiger partial charge in [-0.15, -0.1) is 0 Å². The van der Waals surface area contributed by atoms with Gasteiger partial charge in [-0.2, -0.15) is 4.31 Å². The molecule has 0 aromatic heterocycles. The number of piperidine rings is 1. The number of amides is 1. The average Bonchev–Trinajstić information content (AvgIpc) is 2.45. The van der Waals surface area contributed by atoms with E-state index in [9.17, 15) is 13.2 Å². The molecule has 2 rings (SSSR count). The van der Waals surface area contributed by atoms with E-state index < -0.39 is 16.1 Å². The fraction of sp³-hybridized carbons (Fsp3) is 0.500. The first-order valence-corrected chi connectivity index (χ1v) is 8.62. The molecule has 1 heterocycles. The van der Waals surface area contributed by atoms with E-state index in [0.717, 1.165) is 24.7 Å². The Kier molecular flexibility index (Phi) is 4.77. The van der Waals surface area contributed by atoms with E-state index in [1.165, 1.54) is 4.31 Å². The molecular weight excluding hydrogens is 276 g/mol. The molecule has 20 heavy (non-hydrogen) atoms. The van der Waals surface area contributed by atoms with Gasteiger partial charge in [0, 0.05) is 13.1 Å². The predicted octanol–water partition coefficient (Wildman–Crippen LogP) is 1.12. The molecule has 0 aliphatic carbocycles. The van der Waals surface area contributed by atoms with Gasteiger partial charge in [-0.3, -0.25) is 4.79 Å².